The predicted octanol–water partition coefficient (Wildman–Crippen LogP) is 1.11. The zero-order valence-electron chi connectivity index (χ0n) is 8.66. The van der Waals surface area contributed by atoms with Crippen LogP contribution in [0, 0.1) is 5.41 Å². The van der Waals surface area contributed by atoms with E-state index in [1.165, 1.54) is 19.3 Å². The summed E-state index contributed by atoms with van der Waals surface area (Å²) in [5.41, 5.74) is 6.05. The van der Waals surface area contributed by atoms with E-state index in [2.05, 4.69) is 12.2 Å². The van der Waals surface area contributed by atoms with Gasteiger partial charge in [0.25, 0.3) is 0 Å². The maximum atomic E-state index is 7.00. The quantitative estimate of drug-likeness (QED) is 0.701. The van der Waals surface area contributed by atoms with Gasteiger partial charge in [-0.05, 0) is 18.4 Å². The van der Waals surface area contributed by atoms with Crippen molar-refractivity contribution in [3.05, 3.63) is 5.32 Å². The summed E-state index contributed by atoms with van der Waals surface area (Å²) in [6.07, 6.45) is 3.67. The summed E-state index contributed by atoms with van der Waals surface area (Å²) in [5, 5.41) is 11.4. The number of nitrogens with zero attached hydrogens (tertiary/aromatic N) is 1. The largest absolute Gasteiger partial charge is 0.662 e. The molecule has 0 spiro atoms. The zero-order valence-corrected chi connectivity index (χ0v) is 10.1. The molecule has 3 N–H and O–H groups in total. The van der Waals surface area contributed by atoms with Gasteiger partial charge in [0.1, 0.15) is 0 Å². The van der Waals surface area contributed by atoms with Crippen LogP contribution in [0.3, 0.4) is 0 Å². The predicted molar refractivity (Wildman–Crippen MR) is 52.2 cm³/mol. The van der Waals surface area contributed by atoms with Gasteiger partial charge in [-0.15, -0.1) is 13.1 Å². The van der Waals surface area contributed by atoms with Crippen LogP contribution in [-0.4, -0.2) is 31.9 Å². The van der Waals surface area contributed by atoms with Gasteiger partial charge in [-0.2, -0.15) is 0 Å². The third kappa shape index (κ3) is 6.52. The third-order valence-electron chi connectivity index (χ3n) is 2.46. The van der Waals surface area contributed by atoms with Gasteiger partial charge in [0, 0.05) is 25.7 Å². The minimum absolute atomic E-state index is 0. The van der Waals surface area contributed by atoms with Crippen molar-refractivity contribution >= 4 is 0 Å². The van der Waals surface area contributed by atoms with Crippen molar-refractivity contribution in [2.45, 2.75) is 26.2 Å². The molecule has 1 aliphatic rings. The summed E-state index contributed by atoms with van der Waals surface area (Å²) in [4.78, 5) is 0. The molecule has 1 aliphatic heterocycles. The molecular weight excluding hydrogens is 203 g/mol. The van der Waals surface area contributed by atoms with Crippen LogP contribution in [0.5, 0.6) is 0 Å². The van der Waals surface area contributed by atoms with E-state index >= 15 is 0 Å². The maximum Gasteiger partial charge on any atom is 0.0319 e. The fourth-order valence-electron chi connectivity index (χ4n) is 1.41. The molecule has 0 aromatic heterocycles. The molecule has 13 heavy (non-hydrogen) atoms. The zero-order chi connectivity index (χ0) is 9.45. The van der Waals surface area contributed by atoms with Crippen molar-refractivity contribution in [3.63, 3.8) is 0 Å². The first-order valence-corrected chi connectivity index (χ1v) is 4.55. The molecule has 1 radical (unpaired) electrons. The minimum Gasteiger partial charge on any atom is -0.662 e. The van der Waals surface area contributed by atoms with Gasteiger partial charge in [0.05, 0.1) is 0 Å². The second-order valence-electron chi connectivity index (χ2n) is 3.54. The standard InChI is InChI=1S/C8H17N2.CH4O.V/c1-8(7-9)3-2-5-10-6-4-8;1-2;/h2-7,9H2,1H3;2H,1H3;/q-1;;. The van der Waals surface area contributed by atoms with Gasteiger partial charge in [-0.25, -0.2) is 0 Å². The van der Waals surface area contributed by atoms with Crippen LogP contribution in [0.4, 0.5) is 0 Å². The molecule has 0 aromatic rings. The second kappa shape index (κ2) is 9.04. The van der Waals surface area contributed by atoms with Crippen LogP contribution in [0.25, 0.3) is 5.32 Å². The summed E-state index contributed by atoms with van der Waals surface area (Å²) in [6.45, 7) is 5.17. The second-order valence-corrected chi connectivity index (χ2v) is 3.54. The van der Waals surface area contributed by atoms with Crippen LogP contribution in [0.15, 0.2) is 0 Å². The summed E-state index contributed by atoms with van der Waals surface area (Å²) in [7, 11) is 1.00. The first-order valence-electron chi connectivity index (χ1n) is 4.55. The molecule has 0 saturated carbocycles. The smallest absolute Gasteiger partial charge is 0.0319 e. The monoisotopic (exact) mass is 224 g/mol. The van der Waals surface area contributed by atoms with Gasteiger partial charge >= 0.3 is 0 Å². The Labute approximate surface area is 93.4 Å². The van der Waals surface area contributed by atoms with E-state index < -0.39 is 0 Å². The summed E-state index contributed by atoms with van der Waals surface area (Å²) in [6, 6.07) is 0. The fourth-order valence-corrected chi connectivity index (χ4v) is 1.41. The topological polar surface area (TPSA) is 60.4 Å². The Morgan fingerprint density at radius 1 is 1.31 bits per heavy atom. The molecule has 0 amide bonds. The Kier molecular flexibility index (Phi) is 11.1. The molecule has 1 heterocycles. The summed E-state index contributed by atoms with van der Waals surface area (Å²) < 4.78 is 0. The molecule has 1 unspecified atom stereocenters. The summed E-state index contributed by atoms with van der Waals surface area (Å²) in [5.74, 6) is 0. The van der Waals surface area contributed by atoms with Crippen molar-refractivity contribution in [1.82, 2.24) is 0 Å². The molecule has 79 valence electrons. The van der Waals surface area contributed by atoms with E-state index in [-0.39, 0.29) is 18.6 Å². The SMILES string of the molecule is CC1(CN)CCC[N-]CC1.CO.[V]. The Hall–Kier alpha value is 0.464. The molecule has 1 saturated heterocycles. The maximum absolute atomic E-state index is 7.00. The van der Waals surface area contributed by atoms with Gasteiger partial charge in [0.15, 0.2) is 0 Å². The fraction of sp³-hybridized carbons (Fsp3) is 1.00. The van der Waals surface area contributed by atoms with E-state index in [0.29, 0.717) is 5.41 Å². The van der Waals surface area contributed by atoms with Crippen molar-refractivity contribution in [2.24, 2.45) is 11.1 Å². The number of aliphatic hydroxyl groups is 1. The molecule has 4 heteroatoms. The molecule has 1 fully saturated rings. The first-order chi connectivity index (χ1) is 5.77. The molecule has 0 aliphatic carbocycles. The van der Waals surface area contributed by atoms with Crippen molar-refractivity contribution in [3.8, 4) is 0 Å². The average Bonchev–Trinajstić information content (AvgIpc) is 2.35. The van der Waals surface area contributed by atoms with Gasteiger partial charge in [-0.3, -0.25) is 0 Å². The van der Waals surface area contributed by atoms with Crippen LogP contribution in [-0.2, 0) is 18.6 Å². The Bertz CT molecular complexity index is 104. The molecule has 0 aromatic carbocycles. The van der Waals surface area contributed by atoms with Gasteiger partial charge in [-0.1, -0.05) is 19.8 Å². The molecule has 1 atom stereocenters. The molecular formula is C9H21N2OV-. The Balaban J connectivity index is 0. The van der Waals surface area contributed by atoms with E-state index in [9.17, 15) is 0 Å². The molecule has 1 rings (SSSR count). The van der Waals surface area contributed by atoms with Crippen molar-refractivity contribution < 1.29 is 23.7 Å². The Morgan fingerprint density at radius 3 is 2.46 bits per heavy atom. The molecule has 0 bridgehead atoms. The van der Waals surface area contributed by atoms with Crippen LogP contribution < -0.4 is 5.73 Å². The number of hydrogen-bond donors (Lipinski definition) is 2. The molecule has 3 nitrogen and oxygen atoms in total. The van der Waals surface area contributed by atoms with Gasteiger partial charge < -0.3 is 16.2 Å². The third-order valence-corrected chi connectivity index (χ3v) is 2.46. The summed E-state index contributed by atoms with van der Waals surface area (Å²) >= 11 is 0. The van der Waals surface area contributed by atoms with Crippen molar-refractivity contribution in [2.75, 3.05) is 26.7 Å². The number of hydrogen-bond acceptors (Lipinski definition) is 2. The van der Waals surface area contributed by atoms with Crippen LogP contribution >= 0.6 is 0 Å². The Morgan fingerprint density at radius 2 is 1.92 bits per heavy atom. The number of aliphatic hydroxyl groups excluding tert-OH is 1. The number of rotatable bonds is 1. The number of nitrogens with two attached hydrogens (primary N) is 1. The van der Waals surface area contributed by atoms with Gasteiger partial charge in [0.2, 0.25) is 0 Å². The van der Waals surface area contributed by atoms with E-state index in [1.807, 2.05) is 0 Å². The van der Waals surface area contributed by atoms with E-state index in [0.717, 1.165) is 26.7 Å². The van der Waals surface area contributed by atoms with Crippen molar-refractivity contribution in [1.29, 1.82) is 0 Å². The minimum atomic E-state index is 0. The average molecular weight is 224 g/mol. The van der Waals surface area contributed by atoms with Crippen LogP contribution in [0.1, 0.15) is 26.2 Å². The normalized spacial score (nSPS) is 27.7. The van der Waals surface area contributed by atoms with Crippen LogP contribution in [0.2, 0.25) is 0 Å². The van der Waals surface area contributed by atoms with E-state index in [1.54, 1.807) is 0 Å². The first kappa shape index (κ1) is 15.9. The van der Waals surface area contributed by atoms with E-state index in [4.69, 9.17) is 10.8 Å².